The van der Waals surface area contributed by atoms with E-state index < -0.39 is 0 Å². The van der Waals surface area contributed by atoms with E-state index in [1.165, 1.54) is 0 Å². The maximum Gasteiger partial charge on any atom is 0.0684 e. The summed E-state index contributed by atoms with van der Waals surface area (Å²) in [6.07, 6.45) is 1.62. The van der Waals surface area contributed by atoms with Crippen molar-refractivity contribution in [1.29, 1.82) is 5.26 Å². The Morgan fingerprint density at radius 3 is 2.77 bits per heavy atom. The van der Waals surface area contributed by atoms with Crippen LogP contribution in [0.25, 0.3) is 0 Å². The standard InChI is InChI=1S/C10H18N2O/c1-10(2,8-11)4-6-12-5-3-9(13)7-12/h9,13H,3-7H2,1-2H3/t9-/m1/s1. The van der Waals surface area contributed by atoms with Gasteiger partial charge in [0.1, 0.15) is 0 Å². The summed E-state index contributed by atoms with van der Waals surface area (Å²) in [6.45, 7) is 6.60. The molecule has 1 N–H and O–H groups in total. The lowest BCUT2D eigenvalue weighted by Crippen LogP contribution is -2.26. The van der Waals surface area contributed by atoms with Gasteiger partial charge in [-0.15, -0.1) is 0 Å². The Morgan fingerprint density at radius 1 is 1.62 bits per heavy atom. The van der Waals surface area contributed by atoms with E-state index in [1.54, 1.807) is 0 Å². The van der Waals surface area contributed by atoms with Crippen molar-refractivity contribution in [2.24, 2.45) is 5.41 Å². The fraction of sp³-hybridized carbons (Fsp3) is 0.900. The van der Waals surface area contributed by atoms with E-state index in [2.05, 4.69) is 11.0 Å². The van der Waals surface area contributed by atoms with E-state index in [-0.39, 0.29) is 11.5 Å². The number of aliphatic hydroxyl groups excluding tert-OH is 1. The van der Waals surface area contributed by atoms with Crippen molar-refractivity contribution in [2.75, 3.05) is 19.6 Å². The van der Waals surface area contributed by atoms with Crippen LogP contribution >= 0.6 is 0 Å². The second-order valence-corrected chi connectivity index (χ2v) is 4.49. The van der Waals surface area contributed by atoms with Crippen LogP contribution < -0.4 is 0 Å². The Bertz CT molecular complexity index is 207. The van der Waals surface area contributed by atoms with Gasteiger partial charge in [0, 0.05) is 13.1 Å². The topological polar surface area (TPSA) is 47.3 Å². The minimum atomic E-state index is -0.229. The predicted molar refractivity (Wildman–Crippen MR) is 51.1 cm³/mol. The van der Waals surface area contributed by atoms with Gasteiger partial charge in [0.25, 0.3) is 0 Å². The van der Waals surface area contributed by atoms with E-state index in [0.29, 0.717) is 0 Å². The maximum atomic E-state index is 9.28. The highest BCUT2D eigenvalue weighted by molar-refractivity contribution is 4.92. The Morgan fingerprint density at radius 2 is 2.31 bits per heavy atom. The highest BCUT2D eigenvalue weighted by atomic mass is 16.3. The van der Waals surface area contributed by atoms with Gasteiger partial charge in [-0.25, -0.2) is 0 Å². The van der Waals surface area contributed by atoms with E-state index in [0.717, 1.165) is 32.5 Å². The van der Waals surface area contributed by atoms with Crippen LogP contribution in [0, 0.1) is 16.7 Å². The van der Waals surface area contributed by atoms with Crippen molar-refractivity contribution >= 4 is 0 Å². The van der Waals surface area contributed by atoms with Crippen LogP contribution in [0.1, 0.15) is 26.7 Å². The molecule has 1 aliphatic rings. The summed E-state index contributed by atoms with van der Waals surface area (Å²) in [4.78, 5) is 2.23. The number of hydrogen-bond donors (Lipinski definition) is 1. The normalized spacial score (nSPS) is 24.6. The van der Waals surface area contributed by atoms with Crippen LogP contribution in [0.3, 0.4) is 0 Å². The molecule has 0 radical (unpaired) electrons. The van der Waals surface area contributed by atoms with Crippen LogP contribution in [-0.4, -0.2) is 35.7 Å². The molecule has 13 heavy (non-hydrogen) atoms. The van der Waals surface area contributed by atoms with Gasteiger partial charge in [-0.05, 0) is 33.2 Å². The number of nitriles is 1. The lowest BCUT2D eigenvalue weighted by atomic mass is 9.91. The fourth-order valence-electron chi connectivity index (χ4n) is 1.51. The first kappa shape index (κ1) is 10.5. The largest absolute Gasteiger partial charge is 0.392 e. The van der Waals surface area contributed by atoms with Gasteiger partial charge in [-0.3, -0.25) is 0 Å². The summed E-state index contributed by atoms with van der Waals surface area (Å²) >= 11 is 0. The first-order valence-electron chi connectivity index (χ1n) is 4.85. The number of hydrogen-bond acceptors (Lipinski definition) is 3. The van der Waals surface area contributed by atoms with Gasteiger partial charge in [-0.1, -0.05) is 0 Å². The Hall–Kier alpha value is -0.590. The minimum absolute atomic E-state index is 0.148. The van der Waals surface area contributed by atoms with Crippen molar-refractivity contribution in [3.05, 3.63) is 0 Å². The van der Waals surface area contributed by atoms with Gasteiger partial charge < -0.3 is 10.0 Å². The van der Waals surface area contributed by atoms with Crippen LogP contribution in [0.4, 0.5) is 0 Å². The van der Waals surface area contributed by atoms with Gasteiger partial charge in [0.2, 0.25) is 0 Å². The van der Waals surface area contributed by atoms with E-state index in [4.69, 9.17) is 5.26 Å². The maximum absolute atomic E-state index is 9.28. The summed E-state index contributed by atoms with van der Waals surface area (Å²) in [5.74, 6) is 0. The smallest absolute Gasteiger partial charge is 0.0684 e. The van der Waals surface area contributed by atoms with E-state index in [9.17, 15) is 5.11 Å². The summed E-state index contributed by atoms with van der Waals surface area (Å²) in [5.41, 5.74) is -0.229. The highest BCUT2D eigenvalue weighted by Gasteiger charge is 2.23. The van der Waals surface area contributed by atoms with Crippen molar-refractivity contribution in [2.45, 2.75) is 32.8 Å². The molecule has 0 aromatic heterocycles. The first-order chi connectivity index (χ1) is 6.03. The number of β-amino-alcohol motifs (C(OH)–C–C–N with tert-alkyl or cyclic N) is 1. The summed E-state index contributed by atoms with van der Waals surface area (Å²) in [6, 6.07) is 2.29. The van der Waals surface area contributed by atoms with Crippen molar-refractivity contribution in [3.63, 3.8) is 0 Å². The minimum Gasteiger partial charge on any atom is -0.392 e. The average Bonchev–Trinajstić information content (AvgIpc) is 2.48. The second-order valence-electron chi connectivity index (χ2n) is 4.49. The number of likely N-dealkylation sites (tertiary alicyclic amines) is 1. The molecule has 0 unspecified atom stereocenters. The summed E-state index contributed by atoms with van der Waals surface area (Å²) in [7, 11) is 0. The molecule has 1 fully saturated rings. The molecule has 74 valence electrons. The Labute approximate surface area is 80.0 Å². The molecule has 1 aliphatic heterocycles. The van der Waals surface area contributed by atoms with Gasteiger partial charge in [0.15, 0.2) is 0 Å². The second kappa shape index (κ2) is 4.08. The molecule has 0 amide bonds. The Balaban J connectivity index is 2.24. The average molecular weight is 182 g/mol. The lowest BCUT2D eigenvalue weighted by molar-refractivity contribution is 0.172. The zero-order chi connectivity index (χ0) is 9.90. The van der Waals surface area contributed by atoms with Crippen molar-refractivity contribution in [1.82, 2.24) is 4.90 Å². The van der Waals surface area contributed by atoms with Gasteiger partial charge in [-0.2, -0.15) is 5.26 Å². The lowest BCUT2D eigenvalue weighted by Gasteiger charge is -2.20. The molecule has 0 bridgehead atoms. The monoisotopic (exact) mass is 182 g/mol. The van der Waals surface area contributed by atoms with Crippen LogP contribution in [0.5, 0.6) is 0 Å². The van der Waals surface area contributed by atoms with Gasteiger partial charge >= 0.3 is 0 Å². The molecule has 0 saturated carbocycles. The van der Waals surface area contributed by atoms with Crippen LogP contribution in [0.2, 0.25) is 0 Å². The highest BCUT2D eigenvalue weighted by Crippen LogP contribution is 2.20. The zero-order valence-electron chi connectivity index (χ0n) is 8.45. The molecular formula is C10H18N2O. The molecule has 1 rings (SSSR count). The van der Waals surface area contributed by atoms with Crippen LogP contribution in [-0.2, 0) is 0 Å². The molecule has 0 aliphatic carbocycles. The first-order valence-corrected chi connectivity index (χ1v) is 4.85. The number of aliphatic hydroxyl groups is 1. The molecule has 1 atom stereocenters. The van der Waals surface area contributed by atoms with E-state index >= 15 is 0 Å². The van der Waals surface area contributed by atoms with Crippen molar-refractivity contribution < 1.29 is 5.11 Å². The van der Waals surface area contributed by atoms with Crippen LogP contribution in [0.15, 0.2) is 0 Å². The third kappa shape index (κ3) is 3.33. The third-order valence-electron chi connectivity index (χ3n) is 2.60. The van der Waals surface area contributed by atoms with Crippen molar-refractivity contribution in [3.8, 4) is 6.07 Å². The summed E-state index contributed by atoms with van der Waals surface area (Å²) in [5, 5.41) is 18.1. The number of rotatable bonds is 3. The molecule has 0 spiro atoms. The summed E-state index contributed by atoms with van der Waals surface area (Å²) < 4.78 is 0. The molecular weight excluding hydrogens is 164 g/mol. The molecule has 0 aromatic rings. The molecule has 3 nitrogen and oxygen atoms in total. The number of nitrogens with zero attached hydrogens (tertiary/aromatic N) is 2. The molecule has 1 heterocycles. The van der Waals surface area contributed by atoms with Gasteiger partial charge in [0.05, 0.1) is 17.6 Å². The quantitative estimate of drug-likeness (QED) is 0.708. The zero-order valence-corrected chi connectivity index (χ0v) is 8.45. The molecule has 0 aromatic carbocycles. The SMILES string of the molecule is CC(C)(C#N)CCN1CC[C@@H](O)C1. The fourth-order valence-corrected chi connectivity index (χ4v) is 1.51. The predicted octanol–water partition coefficient (Wildman–Crippen LogP) is 0.993. The Kier molecular flexibility index (Phi) is 3.29. The molecule has 3 heteroatoms. The molecule has 1 saturated heterocycles. The van der Waals surface area contributed by atoms with E-state index in [1.807, 2.05) is 13.8 Å². The third-order valence-corrected chi connectivity index (χ3v) is 2.60.